The van der Waals surface area contributed by atoms with Crippen LogP contribution in [0.3, 0.4) is 0 Å². The second kappa shape index (κ2) is 7.82. The monoisotopic (exact) mass is 464 g/mol. The maximum Gasteiger partial charge on any atom is 0.287 e. The van der Waals surface area contributed by atoms with Crippen molar-refractivity contribution in [3.63, 3.8) is 0 Å². The van der Waals surface area contributed by atoms with Crippen molar-refractivity contribution in [3.8, 4) is 0 Å². The number of rotatable bonds is 5. The Hall–Kier alpha value is -2.56. The van der Waals surface area contributed by atoms with Crippen LogP contribution < -0.4 is 15.8 Å². The maximum atomic E-state index is 12.7. The van der Waals surface area contributed by atoms with Crippen molar-refractivity contribution >= 4 is 42.6 Å². The average Bonchev–Trinajstić information content (AvgIpc) is 2.67. The molecule has 10 heteroatoms. The van der Waals surface area contributed by atoms with E-state index in [0.29, 0.717) is 10.8 Å². The van der Waals surface area contributed by atoms with E-state index in [2.05, 4.69) is 31.3 Å². The molecule has 0 radical (unpaired) electrons. The molecule has 146 valence electrons. The SMILES string of the molecule is CC(C)n1nc(C(=O)NNS(=O)(=O)c2ccc(Br)cc2)c2ccccc2c1=O. The topological polar surface area (TPSA) is 110 Å². The predicted molar refractivity (Wildman–Crippen MR) is 108 cm³/mol. The fourth-order valence-corrected chi connectivity index (χ4v) is 3.67. The van der Waals surface area contributed by atoms with Crippen molar-refractivity contribution in [1.29, 1.82) is 0 Å². The zero-order valence-corrected chi connectivity index (χ0v) is 17.4. The van der Waals surface area contributed by atoms with Gasteiger partial charge in [0.1, 0.15) is 0 Å². The molecule has 0 fully saturated rings. The summed E-state index contributed by atoms with van der Waals surface area (Å²) in [6.45, 7) is 3.53. The standard InChI is InChI=1S/C18H17BrN4O4S/c1-11(2)23-18(25)15-6-4-3-5-14(15)16(21-23)17(24)20-22-28(26,27)13-9-7-12(19)8-10-13/h3-11,22H,1-2H3,(H,20,24). The first-order chi connectivity index (χ1) is 13.2. The lowest BCUT2D eigenvalue weighted by Crippen LogP contribution is -2.42. The normalized spacial score (nSPS) is 11.7. The molecule has 0 bridgehead atoms. The van der Waals surface area contributed by atoms with Crippen molar-refractivity contribution in [2.45, 2.75) is 24.8 Å². The minimum Gasteiger partial charge on any atom is -0.272 e. The Kier molecular flexibility index (Phi) is 5.64. The molecule has 0 aliphatic rings. The van der Waals surface area contributed by atoms with E-state index in [9.17, 15) is 18.0 Å². The van der Waals surface area contributed by atoms with Gasteiger partial charge in [-0.1, -0.05) is 34.1 Å². The van der Waals surface area contributed by atoms with Gasteiger partial charge in [0.05, 0.1) is 16.3 Å². The molecule has 3 rings (SSSR count). The average molecular weight is 465 g/mol. The van der Waals surface area contributed by atoms with E-state index in [4.69, 9.17) is 0 Å². The molecule has 0 aliphatic heterocycles. The Morgan fingerprint density at radius 1 is 1.07 bits per heavy atom. The summed E-state index contributed by atoms with van der Waals surface area (Å²) in [6.07, 6.45) is 0. The van der Waals surface area contributed by atoms with E-state index in [1.165, 1.54) is 16.8 Å². The number of nitrogens with one attached hydrogen (secondary N) is 2. The van der Waals surface area contributed by atoms with E-state index in [-0.39, 0.29) is 22.2 Å². The number of hydrogen-bond donors (Lipinski definition) is 2. The number of aromatic nitrogens is 2. The van der Waals surface area contributed by atoms with Crippen LogP contribution in [0.15, 0.2) is 62.7 Å². The zero-order valence-electron chi connectivity index (χ0n) is 15.0. The number of carbonyl (C=O) groups excluding carboxylic acids is 1. The fourth-order valence-electron chi connectivity index (χ4n) is 2.57. The van der Waals surface area contributed by atoms with Crippen LogP contribution in [-0.4, -0.2) is 24.1 Å². The minimum absolute atomic E-state index is 0.0130. The molecular weight excluding hydrogens is 448 g/mol. The molecule has 1 aromatic heterocycles. The first-order valence-electron chi connectivity index (χ1n) is 8.30. The molecule has 0 spiro atoms. The lowest BCUT2D eigenvalue weighted by Gasteiger charge is -2.14. The van der Waals surface area contributed by atoms with Gasteiger partial charge in [-0.25, -0.2) is 13.1 Å². The number of carbonyl (C=O) groups is 1. The van der Waals surface area contributed by atoms with Gasteiger partial charge in [0.15, 0.2) is 5.69 Å². The van der Waals surface area contributed by atoms with Crippen LogP contribution in [0, 0.1) is 0 Å². The molecular formula is C18H17BrN4O4S. The van der Waals surface area contributed by atoms with E-state index < -0.39 is 15.9 Å². The van der Waals surface area contributed by atoms with Crippen molar-refractivity contribution in [2.24, 2.45) is 0 Å². The summed E-state index contributed by atoms with van der Waals surface area (Å²) >= 11 is 3.23. The second-order valence-electron chi connectivity index (χ2n) is 6.25. The first kappa shape index (κ1) is 20.2. The number of fused-ring (bicyclic) bond motifs is 1. The Labute approximate surface area is 169 Å². The van der Waals surface area contributed by atoms with Crippen molar-refractivity contribution in [2.75, 3.05) is 0 Å². The molecule has 0 saturated carbocycles. The summed E-state index contributed by atoms with van der Waals surface area (Å²) in [6, 6.07) is 12.2. The maximum absolute atomic E-state index is 12.7. The number of nitrogens with zero attached hydrogens (tertiary/aromatic N) is 2. The molecule has 3 aromatic rings. The summed E-state index contributed by atoms with van der Waals surface area (Å²) in [5.74, 6) is -0.772. The molecule has 28 heavy (non-hydrogen) atoms. The highest BCUT2D eigenvalue weighted by Gasteiger charge is 2.20. The summed E-state index contributed by atoms with van der Waals surface area (Å²) in [5, 5.41) is 4.80. The van der Waals surface area contributed by atoms with E-state index >= 15 is 0 Å². The molecule has 2 aromatic carbocycles. The predicted octanol–water partition coefficient (Wildman–Crippen LogP) is 2.36. The number of halogens is 1. The van der Waals surface area contributed by atoms with Gasteiger partial charge in [0.2, 0.25) is 0 Å². The largest absolute Gasteiger partial charge is 0.287 e. The Bertz CT molecular complexity index is 1200. The molecule has 0 aliphatic carbocycles. The van der Waals surface area contributed by atoms with E-state index in [0.717, 1.165) is 4.47 Å². The summed E-state index contributed by atoms with van der Waals surface area (Å²) in [4.78, 5) is 27.2. The van der Waals surface area contributed by atoms with Gasteiger partial charge < -0.3 is 0 Å². The summed E-state index contributed by atoms with van der Waals surface area (Å²) < 4.78 is 26.6. The summed E-state index contributed by atoms with van der Waals surface area (Å²) in [7, 11) is -3.97. The lowest BCUT2D eigenvalue weighted by atomic mass is 10.1. The molecule has 0 saturated heterocycles. The van der Waals surface area contributed by atoms with Gasteiger partial charge in [-0.3, -0.25) is 15.0 Å². The van der Waals surface area contributed by atoms with E-state index in [1.807, 2.05) is 0 Å². The van der Waals surface area contributed by atoms with Gasteiger partial charge in [-0.2, -0.15) is 5.10 Å². The van der Waals surface area contributed by atoms with Crippen LogP contribution in [-0.2, 0) is 10.0 Å². The molecule has 2 N–H and O–H groups in total. The van der Waals surface area contributed by atoms with Crippen LogP contribution in [0.2, 0.25) is 0 Å². The zero-order chi connectivity index (χ0) is 20.5. The number of hydrazine groups is 1. The van der Waals surface area contributed by atoms with Crippen molar-refractivity contribution in [1.82, 2.24) is 20.0 Å². The third kappa shape index (κ3) is 3.98. The number of sulfonamides is 1. The number of hydrogen-bond acceptors (Lipinski definition) is 5. The second-order valence-corrected chi connectivity index (χ2v) is 8.85. The Morgan fingerprint density at radius 3 is 2.29 bits per heavy atom. The Balaban J connectivity index is 1.95. The quantitative estimate of drug-likeness (QED) is 0.563. The van der Waals surface area contributed by atoms with Gasteiger partial charge >= 0.3 is 0 Å². The van der Waals surface area contributed by atoms with Crippen molar-refractivity contribution < 1.29 is 13.2 Å². The molecule has 0 atom stereocenters. The third-order valence-electron chi connectivity index (χ3n) is 3.96. The van der Waals surface area contributed by atoms with Crippen molar-refractivity contribution in [3.05, 3.63) is 69.1 Å². The van der Waals surface area contributed by atoms with Crippen LogP contribution in [0.1, 0.15) is 30.4 Å². The smallest absolute Gasteiger partial charge is 0.272 e. The number of benzene rings is 2. The van der Waals surface area contributed by atoms with Crippen LogP contribution in [0.25, 0.3) is 10.8 Å². The highest BCUT2D eigenvalue weighted by Crippen LogP contribution is 2.16. The number of amides is 1. The van der Waals surface area contributed by atoms with Gasteiger partial charge in [0.25, 0.3) is 21.5 Å². The van der Waals surface area contributed by atoms with Gasteiger partial charge in [0, 0.05) is 9.86 Å². The van der Waals surface area contributed by atoms with Crippen LogP contribution in [0.5, 0.6) is 0 Å². The molecule has 0 unspecified atom stereocenters. The summed E-state index contributed by atoms with van der Waals surface area (Å²) in [5.41, 5.74) is 1.79. The molecule has 8 nitrogen and oxygen atoms in total. The molecule has 1 amide bonds. The highest BCUT2D eigenvalue weighted by atomic mass is 79.9. The Morgan fingerprint density at radius 2 is 1.68 bits per heavy atom. The van der Waals surface area contributed by atoms with Crippen LogP contribution >= 0.6 is 15.9 Å². The molecule has 1 heterocycles. The first-order valence-corrected chi connectivity index (χ1v) is 10.6. The van der Waals surface area contributed by atoms with Gasteiger partial charge in [-0.05, 0) is 44.2 Å². The third-order valence-corrected chi connectivity index (χ3v) is 5.75. The van der Waals surface area contributed by atoms with Crippen LogP contribution in [0.4, 0.5) is 0 Å². The highest BCUT2D eigenvalue weighted by molar-refractivity contribution is 9.10. The van der Waals surface area contributed by atoms with E-state index in [1.54, 1.807) is 50.2 Å². The lowest BCUT2D eigenvalue weighted by molar-refractivity contribution is 0.0939. The minimum atomic E-state index is -3.97. The fraction of sp³-hybridized carbons (Fsp3) is 0.167. The van der Waals surface area contributed by atoms with Gasteiger partial charge in [-0.15, -0.1) is 4.83 Å².